The van der Waals surface area contributed by atoms with Gasteiger partial charge in [0, 0.05) is 70.0 Å². The average Bonchev–Trinajstić information content (AvgIpc) is 3.24. The molecule has 182 valence electrons. The summed E-state index contributed by atoms with van der Waals surface area (Å²) in [7, 11) is 4.12. The van der Waals surface area contributed by atoms with Crippen molar-refractivity contribution in [2.45, 2.75) is 44.9 Å². The molecule has 8 nitrogen and oxygen atoms in total. The van der Waals surface area contributed by atoms with E-state index in [-0.39, 0.29) is 23.9 Å². The summed E-state index contributed by atoms with van der Waals surface area (Å²) in [4.78, 5) is 35.3. The molecular formula is C26H36N6O2. The van der Waals surface area contributed by atoms with Crippen LogP contribution in [0.15, 0.2) is 42.6 Å². The van der Waals surface area contributed by atoms with Gasteiger partial charge in [-0.25, -0.2) is 4.98 Å². The molecule has 0 bridgehead atoms. The molecule has 3 heterocycles. The predicted octanol–water partition coefficient (Wildman–Crippen LogP) is 2.18. The number of piperidine rings is 1. The molecule has 1 aromatic heterocycles. The number of nitrogens with one attached hydrogen (secondary N) is 2. The highest BCUT2D eigenvalue weighted by Crippen LogP contribution is 2.22. The van der Waals surface area contributed by atoms with Crippen molar-refractivity contribution < 1.29 is 9.59 Å². The maximum Gasteiger partial charge on any atom is 0.251 e. The molecule has 2 amide bonds. The van der Waals surface area contributed by atoms with Crippen molar-refractivity contribution in [1.29, 1.82) is 0 Å². The van der Waals surface area contributed by atoms with E-state index < -0.39 is 0 Å². The van der Waals surface area contributed by atoms with Crippen LogP contribution in [0.5, 0.6) is 0 Å². The Morgan fingerprint density at radius 3 is 2.41 bits per heavy atom. The van der Waals surface area contributed by atoms with Crippen LogP contribution >= 0.6 is 0 Å². The number of hydrogen-bond acceptors (Lipinski definition) is 6. The third-order valence-corrected chi connectivity index (χ3v) is 6.92. The summed E-state index contributed by atoms with van der Waals surface area (Å²) in [5.41, 5.74) is 3.39. The maximum absolute atomic E-state index is 12.9. The first kappa shape index (κ1) is 24.2. The zero-order valence-electron chi connectivity index (χ0n) is 20.5. The number of nitrogens with zero attached hydrogens (tertiary/aromatic N) is 4. The summed E-state index contributed by atoms with van der Waals surface area (Å²) in [6.07, 6.45) is 3.43. The molecule has 2 aliphatic rings. The van der Waals surface area contributed by atoms with Gasteiger partial charge in [-0.2, -0.15) is 0 Å². The smallest absolute Gasteiger partial charge is 0.251 e. The lowest BCUT2D eigenvalue weighted by Gasteiger charge is -2.32. The van der Waals surface area contributed by atoms with Crippen LogP contribution in [0.2, 0.25) is 0 Å². The summed E-state index contributed by atoms with van der Waals surface area (Å²) >= 11 is 0. The van der Waals surface area contributed by atoms with Gasteiger partial charge in [0.05, 0.1) is 0 Å². The summed E-state index contributed by atoms with van der Waals surface area (Å²) in [5.74, 6) is 0.738. The third-order valence-electron chi connectivity index (χ3n) is 6.92. The number of likely N-dealkylation sites (tertiary alicyclic amines) is 1. The minimum Gasteiger partial charge on any atom is -0.367 e. The first-order valence-electron chi connectivity index (χ1n) is 12.1. The van der Waals surface area contributed by atoms with Crippen molar-refractivity contribution in [1.82, 2.24) is 25.0 Å². The second-order valence-corrected chi connectivity index (χ2v) is 9.62. The highest BCUT2D eigenvalue weighted by molar-refractivity contribution is 5.94. The summed E-state index contributed by atoms with van der Waals surface area (Å²) in [6, 6.07) is 12.6. The van der Waals surface area contributed by atoms with Crippen LogP contribution in [0.4, 0.5) is 5.82 Å². The molecule has 8 heteroatoms. The second-order valence-electron chi connectivity index (χ2n) is 9.62. The number of likely N-dealkylation sites (N-methyl/N-ethyl adjacent to an activating group) is 1. The zero-order chi connectivity index (χ0) is 24.1. The number of amides is 2. The molecule has 1 aromatic carbocycles. The van der Waals surface area contributed by atoms with Crippen LogP contribution in [0.25, 0.3) is 0 Å². The summed E-state index contributed by atoms with van der Waals surface area (Å²) < 4.78 is 0. The Bertz CT molecular complexity index is 977. The molecule has 34 heavy (non-hydrogen) atoms. The fraction of sp³-hybridized carbons (Fsp3) is 0.500. The number of benzene rings is 1. The molecule has 1 fully saturated rings. The van der Waals surface area contributed by atoms with Gasteiger partial charge in [0.1, 0.15) is 5.82 Å². The van der Waals surface area contributed by atoms with E-state index in [2.05, 4.69) is 63.8 Å². The highest BCUT2D eigenvalue weighted by Gasteiger charge is 2.24. The molecule has 1 atom stereocenters. The minimum atomic E-state index is -0.0894. The highest BCUT2D eigenvalue weighted by atomic mass is 16.2. The Kier molecular flexibility index (Phi) is 7.80. The topological polar surface area (TPSA) is 80.8 Å². The van der Waals surface area contributed by atoms with Gasteiger partial charge in [-0.1, -0.05) is 24.3 Å². The predicted molar refractivity (Wildman–Crippen MR) is 133 cm³/mol. The van der Waals surface area contributed by atoms with Crippen LogP contribution in [0, 0.1) is 0 Å². The van der Waals surface area contributed by atoms with Crippen molar-refractivity contribution in [2.24, 2.45) is 0 Å². The number of rotatable bonds is 8. The molecule has 4 rings (SSSR count). The molecule has 0 spiro atoms. The van der Waals surface area contributed by atoms with Gasteiger partial charge in [0.2, 0.25) is 5.91 Å². The summed E-state index contributed by atoms with van der Waals surface area (Å²) in [5, 5.41) is 6.55. The lowest BCUT2D eigenvalue weighted by atomic mass is 10.0. The molecule has 1 unspecified atom stereocenters. The van der Waals surface area contributed by atoms with Crippen molar-refractivity contribution >= 4 is 17.6 Å². The second kappa shape index (κ2) is 11.0. The first-order chi connectivity index (χ1) is 16.4. The molecule has 2 aromatic rings. The van der Waals surface area contributed by atoms with Gasteiger partial charge in [-0.05, 0) is 50.2 Å². The number of pyridine rings is 1. The number of anilines is 1. The molecule has 0 radical (unpaired) electrons. The molecule has 1 saturated heterocycles. The Balaban J connectivity index is 1.28. The van der Waals surface area contributed by atoms with E-state index in [4.69, 9.17) is 0 Å². The fourth-order valence-corrected chi connectivity index (χ4v) is 4.75. The minimum absolute atomic E-state index is 0.0894. The SMILES string of the molecule is CC(=O)N1CCC(Nc2cc(C(=O)NCC(CN3Cc4ccccc4C3)N(C)C)ccn2)CC1. The molecular weight excluding hydrogens is 428 g/mol. The number of fused-ring (bicyclic) bond motifs is 1. The van der Waals surface area contributed by atoms with E-state index in [1.807, 2.05) is 11.0 Å². The van der Waals surface area contributed by atoms with E-state index in [1.54, 1.807) is 19.2 Å². The molecule has 2 N–H and O–H groups in total. The normalized spacial score (nSPS) is 17.5. The van der Waals surface area contributed by atoms with E-state index >= 15 is 0 Å². The van der Waals surface area contributed by atoms with Crippen molar-refractivity contribution in [2.75, 3.05) is 45.6 Å². The van der Waals surface area contributed by atoms with Crippen LogP contribution in [-0.2, 0) is 17.9 Å². The quantitative estimate of drug-likeness (QED) is 0.623. The standard InChI is InChI=1S/C26H36N6O2/c1-19(33)32-12-9-23(10-13-32)29-25-14-20(8-11-27-25)26(34)28-15-24(30(2)3)18-31-16-21-6-4-5-7-22(21)17-31/h4-8,11,14,23-24H,9-10,12-13,15-18H2,1-3H3,(H,27,29)(H,28,34). The van der Waals surface area contributed by atoms with Gasteiger partial charge in [-0.3, -0.25) is 14.5 Å². The maximum atomic E-state index is 12.9. The van der Waals surface area contributed by atoms with Gasteiger partial charge in [-0.15, -0.1) is 0 Å². The van der Waals surface area contributed by atoms with Gasteiger partial charge in [0.15, 0.2) is 0 Å². The molecule has 0 saturated carbocycles. The number of aromatic nitrogens is 1. The Hall–Kier alpha value is -2.97. The number of carbonyl (C=O) groups is 2. The van der Waals surface area contributed by atoms with Crippen LogP contribution in [-0.4, -0.2) is 83.9 Å². The first-order valence-corrected chi connectivity index (χ1v) is 12.1. The summed E-state index contributed by atoms with van der Waals surface area (Å²) in [6.45, 7) is 6.50. The van der Waals surface area contributed by atoms with Gasteiger partial charge < -0.3 is 20.4 Å². The number of hydrogen-bond donors (Lipinski definition) is 2. The lowest BCUT2D eigenvalue weighted by molar-refractivity contribution is -0.129. The van der Waals surface area contributed by atoms with E-state index in [0.717, 1.165) is 45.6 Å². The van der Waals surface area contributed by atoms with E-state index in [9.17, 15) is 9.59 Å². The Morgan fingerprint density at radius 1 is 1.12 bits per heavy atom. The van der Waals surface area contributed by atoms with E-state index in [1.165, 1.54) is 11.1 Å². The van der Waals surface area contributed by atoms with Crippen molar-refractivity contribution in [3.63, 3.8) is 0 Å². The fourth-order valence-electron chi connectivity index (χ4n) is 4.75. The lowest BCUT2D eigenvalue weighted by Crippen LogP contribution is -2.46. The molecule has 0 aliphatic carbocycles. The van der Waals surface area contributed by atoms with Crippen LogP contribution in [0.3, 0.4) is 0 Å². The van der Waals surface area contributed by atoms with Gasteiger partial charge >= 0.3 is 0 Å². The molecule has 2 aliphatic heterocycles. The van der Waals surface area contributed by atoms with Crippen molar-refractivity contribution in [3.05, 3.63) is 59.3 Å². The Labute approximate surface area is 202 Å². The van der Waals surface area contributed by atoms with Crippen LogP contribution < -0.4 is 10.6 Å². The monoisotopic (exact) mass is 464 g/mol. The van der Waals surface area contributed by atoms with E-state index in [0.29, 0.717) is 17.9 Å². The zero-order valence-corrected chi connectivity index (χ0v) is 20.5. The average molecular weight is 465 g/mol. The number of carbonyl (C=O) groups excluding carboxylic acids is 2. The van der Waals surface area contributed by atoms with Crippen molar-refractivity contribution in [3.8, 4) is 0 Å². The van der Waals surface area contributed by atoms with Gasteiger partial charge in [0.25, 0.3) is 5.91 Å². The largest absolute Gasteiger partial charge is 0.367 e. The third kappa shape index (κ3) is 6.12. The Morgan fingerprint density at radius 2 is 1.79 bits per heavy atom. The van der Waals surface area contributed by atoms with Crippen LogP contribution in [0.1, 0.15) is 41.3 Å².